The van der Waals surface area contributed by atoms with Gasteiger partial charge in [0.25, 0.3) is 11.5 Å². The van der Waals surface area contributed by atoms with Gasteiger partial charge in [0.2, 0.25) is 0 Å². The van der Waals surface area contributed by atoms with Crippen LogP contribution in [0.1, 0.15) is 40.4 Å². The first-order valence-electron chi connectivity index (χ1n) is 9.69. The van der Waals surface area contributed by atoms with Gasteiger partial charge in [-0.25, -0.2) is 4.98 Å². The average Bonchev–Trinajstić information content (AvgIpc) is 2.78. The molecule has 8 heteroatoms. The smallest absolute Gasteiger partial charge is 0.270 e. The summed E-state index contributed by atoms with van der Waals surface area (Å²) in [4.78, 5) is 31.9. The van der Waals surface area contributed by atoms with E-state index in [9.17, 15) is 9.59 Å². The quantitative estimate of drug-likeness (QED) is 0.578. The van der Waals surface area contributed by atoms with Crippen molar-refractivity contribution in [1.82, 2.24) is 15.3 Å². The predicted molar refractivity (Wildman–Crippen MR) is 116 cm³/mol. The number of carbonyl (C=O) groups excluding carboxylic acids is 1. The van der Waals surface area contributed by atoms with Crippen LogP contribution in [0.25, 0.3) is 0 Å². The van der Waals surface area contributed by atoms with Crippen molar-refractivity contribution in [1.29, 1.82) is 0 Å². The normalized spacial score (nSPS) is 11.5. The van der Waals surface area contributed by atoms with Crippen LogP contribution in [-0.4, -0.2) is 37.2 Å². The minimum absolute atomic E-state index is 0.0552. The van der Waals surface area contributed by atoms with Crippen LogP contribution >= 0.6 is 0 Å². The molecule has 0 fully saturated rings. The number of ether oxygens (including phenoxy) is 3. The zero-order valence-corrected chi connectivity index (χ0v) is 17.9. The van der Waals surface area contributed by atoms with E-state index in [4.69, 9.17) is 14.2 Å². The van der Waals surface area contributed by atoms with Gasteiger partial charge in [0, 0.05) is 12.5 Å². The summed E-state index contributed by atoms with van der Waals surface area (Å²) in [7, 11) is 4.71. The molecule has 2 aromatic carbocycles. The summed E-state index contributed by atoms with van der Waals surface area (Å²) in [6, 6.07) is 13.7. The molecule has 0 aliphatic rings. The molecule has 1 heterocycles. The molecule has 0 bridgehead atoms. The molecule has 0 radical (unpaired) electrons. The third-order valence-corrected chi connectivity index (χ3v) is 4.81. The molecule has 1 unspecified atom stereocenters. The number of carbonyl (C=O) groups is 1. The Morgan fingerprint density at radius 1 is 1.00 bits per heavy atom. The molecule has 3 aromatic rings. The second-order valence-corrected chi connectivity index (χ2v) is 6.91. The number of benzene rings is 2. The van der Waals surface area contributed by atoms with Crippen LogP contribution in [-0.2, 0) is 6.42 Å². The molecule has 1 atom stereocenters. The number of aromatic nitrogens is 2. The summed E-state index contributed by atoms with van der Waals surface area (Å²) in [5.74, 6) is 1.87. The molecular weight excluding hydrogens is 398 g/mol. The van der Waals surface area contributed by atoms with Gasteiger partial charge < -0.3 is 24.5 Å². The van der Waals surface area contributed by atoms with Gasteiger partial charge in [-0.05, 0) is 42.3 Å². The Morgan fingerprint density at radius 3 is 2.35 bits per heavy atom. The van der Waals surface area contributed by atoms with Gasteiger partial charge in [0.1, 0.15) is 17.3 Å². The van der Waals surface area contributed by atoms with Crippen LogP contribution in [0.5, 0.6) is 17.2 Å². The van der Waals surface area contributed by atoms with E-state index in [-0.39, 0.29) is 17.3 Å². The highest BCUT2D eigenvalue weighted by atomic mass is 16.5. The van der Waals surface area contributed by atoms with Gasteiger partial charge in [-0.1, -0.05) is 18.2 Å². The number of H-pyrrole nitrogens is 1. The maximum atomic E-state index is 12.7. The number of nitrogens with one attached hydrogen (secondary N) is 2. The third kappa shape index (κ3) is 5.42. The lowest BCUT2D eigenvalue weighted by molar-refractivity contribution is 0.0934. The van der Waals surface area contributed by atoms with Gasteiger partial charge in [0.15, 0.2) is 11.5 Å². The minimum Gasteiger partial charge on any atom is -0.497 e. The standard InChI is InChI=1S/C23H25N3O5/c1-14(16-7-10-19(30-3)20(12-16)31-4)24-23(28)18-13-22(27)26-21(25-18)11-15-5-8-17(29-2)9-6-15/h5-10,12-14H,11H2,1-4H3,(H,24,28)(H,25,26,27). The van der Waals surface area contributed by atoms with Crippen molar-refractivity contribution >= 4 is 5.91 Å². The molecule has 8 nitrogen and oxygen atoms in total. The van der Waals surface area contributed by atoms with E-state index in [1.165, 1.54) is 6.07 Å². The minimum atomic E-state index is -0.440. The fourth-order valence-electron chi connectivity index (χ4n) is 3.12. The summed E-state index contributed by atoms with van der Waals surface area (Å²) < 4.78 is 15.7. The Balaban J connectivity index is 1.76. The molecule has 2 N–H and O–H groups in total. The lowest BCUT2D eigenvalue weighted by Crippen LogP contribution is -2.29. The number of rotatable bonds is 8. The number of aromatic amines is 1. The number of methoxy groups -OCH3 is 3. The Hall–Kier alpha value is -3.81. The second-order valence-electron chi connectivity index (χ2n) is 6.91. The number of amides is 1. The van der Waals surface area contributed by atoms with E-state index in [0.29, 0.717) is 23.7 Å². The fraction of sp³-hybridized carbons (Fsp3) is 0.261. The molecule has 31 heavy (non-hydrogen) atoms. The molecular formula is C23H25N3O5. The van der Waals surface area contributed by atoms with Gasteiger partial charge in [-0.3, -0.25) is 9.59 Å². The van der Waals surface area contributed by atoms with Crippen molar-refractivity contribution in [3.8, 4) is 17.2 Å². The summed E-state index contributed by atoms with van der Waals surface area (Å²) in [5, 5.41) is 2.87. The van der Waals surface area contributed by atoms with E-state index in [1.807, 2.05) is 37.3 Å². The highest BCUT2D eigenvalue weighted by Gasteiger charge is 2.16. The van der Waals surface area contributed by atoms with E-state index in [1.54, 1.807) is 33.5 Å². The highest BCUT2D eigenvalue weighted by Crippen LogP contribution is 2.29. The van der Waals surface area contributed by atoms with Crippen molar-refractivity contribution in [3.63, 3.8) is 0 Å². The Bertz CT molecular complexity index is 1110. The lowest BCUT2D eigenvalue weighted by Gasteiger charge is -2.16. The molecule has 0 saturated carbocycles. The summed E-state index contributed by atoms with van der Waals surface area (Å²) in [6.45, 7) is 1.84. The molecule has 1 aromatic heterocycles. The largest absolute Gasteiger partial charge is 0.497 e. The fourth-order valence-corrected chi connectivity index (χ4v) is 3.12. The van der Waals surface area contributed by atoms with E-state index in [2.05, 4.69) is 15.3 Å². The molecule has 0 aliphatic carbocycles. The summed E-state index contributed by atoms with van der Waals surface area (Å²) in [5.41, 5.74) is 1.43. The van der Waals surface area contributed by atoms with Crippen LogP contribution in [0.2, 0.25) is 0 Å². The Labute approximate surface area is 180 Å². The Morgan fingerprint density at radius 2 is 1.71 bits per heavy atom. The zero-order chi connectivity index (χ0) is 22.4. The monoisotopic (exact) mass is 423 g/mol. The molecule has 0 spiro atoms. The van der Waals surface area contributed by atoms with Gasteiger partial charge >= 0.3 is 0 Å². The Kier molecular flexibility index (Phi) is 6.92. The highest BCUT2D eigenvalue weighted by molar-refractivity contribution is 5.92. The van der Waals surface area contributed by atoms with Crippen molar-refractivity contribution < 1.29 is 19.0 Å². The molecule has 3 rings (SSSR count). The first-order valence-corrected chi connectivity index (χ1v) is 9.69. The number of nitrogens with zero attached hydrogens (tertiary/aromatic N) is 1. The number of hydrogen-bond donors (Lipinski definition) is 2. The first kappa shape index (κ1) is 21.9. The van der Waals surface area contributed by atoms with Crippen molar-refractivity contribution in [3.05, 3.63) is 81.5 Å². The molecule has 0 saturated heterocycles. The van der Waals surface area contributed by atoms with Crippen molar-refractivity contribution in [2.75, 3.05) is 21.3 Å². The van der Waals surface area contributed by atoms with Gasteiger partial charge in [-0.15, -0.1) is 0 Å². The van der Waals surface area contributed by atoms with Crippen LogP contribution < -0.4 is 25.1 Å². The van der Waals surface area contributed by atoms with Crippen LogP contribution in [0.3, 0.4) is 0 Å². The lowest BCUT2D eigenvalue weighted by atomic mass is 10.1. The average molecular weight is 423 g/mol. The van der Waals surface area contributed by atoms with Crippen molar-refractivity contribution in [2.24, 2.45) is 0 Å². The summed E-state index contributed by atoms with van der Waals surface area (Å²) >= 11 is 0. The maximum Gasteiger partial charge on any atom is 0.270 e. The molecule has 1 amide bonds. The second kappa shape index (κ2) is 9.80. The van der Waals surface area contributed by atoms with Crippen molar-refractivity contribution in [2.45, 2.75) is 19.4 Å². The van der Waals surface area contributed by atoms with Gasteiger partial charge in [0.05, 0.1) is 27.4 Å². The molecule has 162 valence electrons. The summed E-state index contributed by atoms with van der Waals surface area (Å²) in [6.07, 6.45) is 0.381. The third-order valence-electron chi connectivity index (χ3n) is 4.81. The zero-order valence-electron chi connectivity index (χ0n) is 17.9. The van der Waals surface area contributed by atoms with Gasteiger partial charge in [-0.2, -0.15) is 0 Å². The van der Waals surface area contributed by atoms with E-state index in [0.717, 1.165) is 16.9 Å². The SMILES string of the molecule is COc1ccc(Cc2nc(C(=O)NC(C)c3ccc(OC)c(OC)c3)cc(=O)[nH]2)cc1. The number of hydrogen-bond acceptors (Lipinski definition) is 6. The van der Waals surface area contributed by atoms with Crippen LogP contribution in [0.15, 0.2) is 53.3 Å². The predicted octanol–water partition coefficient (Wildman–Crippen LogP) is 2.88. The first-order chi connectivity index (χ1) is 14.9. The molecule has 0 aliphatic heterocycles. The van der Waals surface area contributed by atoms with Crippen LogP contribution in [0.4, 0.5) is 0 Å². The topological polar surface area (TPSA) is 103 Å². The van der Waals surface area contributed by atoms with E-state index >= 15 is 0 Å². The van der Waals surface area contributed by atoms with Crippen LogP contribution in [0, 0.1) is 0 Å². The van der Waals surface area contributed by atoms with E-state index < -0.39 is 5.91 Å². The maximum absolute atomic E-state index is 12.7.